The summed E-state index contributed by atoms with van der Waals surface area (Å²) in [4.78, 5) is 14.0. The van der Waals surface area contributed by atoms with Crippen LogP contribution in [-0.4, -0.2) is 50.2 Å². The molecule has 0 saturated carbocycles. The van der Waals surface area contributed by atoms with E-state index in [2.05, 4.69) is 5.32 Å². The number of nitrogens with one attached hydrogen (secondary N) is 1. The maximum absolute atomic E-state index is 12.1. The van der Waals surface area contributed by atoms with Crippen LogP contribution in [0.15, 0.2) is 0 Å². The van der Waals surface area contributed by atoms with E-state index in [1.165, 1.54) is 0 Å². The van der Waals surface area contributed by atoms with Crippen LogP contribution in [0.4, 0.5) is 0 Å². The maximum atomic E-state index is 12.1. The van der Waals surface area contributed by atoms with Crippen molar-refractivity contribution in [3.8, 4) is 0 Å². The summed E-state index contributed by atoms with van der Waals surface area (Å²) in [6, 6.07) is 0. The minimum absolute atomic E-state index is 0.0605. The van der Waals surface area contributed by atoms with Crippen LogP contribution in [0.2, 0.25) is 0 Å². The molecule has 1 fully saturated rings. The van der Waals surface area contributed by atoms with E-state index in [4.69, 9.17) is 4.74 Å². The molecule has 4 nitrogen and oxygen atoms in total. The summed E-state index contributed by atoms with van der Waals surface area (Å²) in [7, 11) is 1.88. The highest BCUT2D eigenvalue weighted by molar-refractivity contribution is 5.78. The molecule has 1 N–H and O–H groups in total. The minimum Gasteiger partial charge on any atom is -0.377 e. The SMILES string of the molecule is CCOC1CCCN(C(=O)C(C)CNC)C1. The van der Waals surface area contributed by atoms with Gasteiger partial charge in [0, 0.05) is 32.2 Å². The molecule has 0 radical (unpaired) electrons. The Labute approximate surface area is 98.3 Å². The summed E-state index contributed by atoms with van der Waals surface area (Å²) in [5, 5.41) is 3.05. The first-order valence-electron chi connectivity index (χ1n) is 6.24. The van der Waals surface area contributed by atoms with Crippen molar-refractivity contribution < 1.29 is 9.53 Å². The van der Waals surface area contributed by atoms with E-state index in [1.807, 2.05) is 25.8 Å². The van der Waals surface area contributed by atoms with Crippen molar-refractivity contribution in [1.29, 1.82) is 0 Å². The third-order valence-corrected chi connectivity index (χ3v) is 3.02. The molecule has 1 saturated heterocycles. The van der Waals surface area contributed by atoms with Crippen LogP contribution >= 0.6 is 0 Å². The fraction of sp³-hybridized carbons (Fsp3) is 0.917. The number of hydrogen-bond acceptors (Lipinski definition) is 3. The first-order chi connectivity index (χ1) is 7.69. The van der Waals surface area contributed by atoms with Gasteiger partial charge in [-0.15, -0.1) is 0 Å². The molecule has 1 rings (SSSR count). The van der Waals surface area contributed by atoms with E-state index < -0.39 is 0 Å². The molecule has 1 aliphatic rings. The van der Waals surface area contributed by atoms with Crippen LogP contribution in [0.3, 0.4) is 0 Å². The fourth-order valence-electron chi connectivity index (χ4n) is 2.22. The zero-order valence-electron chi connectivity index (χ0n) is 10.7. The number of likely N-dealkylation sites (tertiary alicyclic amines) is 1. The number of ether oxygens (including phenoxy) is 1. The van der Waals surface area contributed by atoms with Gasteiger partial charge in [0.05, 0.1) is 6.10 Å². The third-order valence-electron chi connectivity index (χ3n) is 3.02. The van der Waals surface area contributed by atoms with Gasteiger partial charge >= 0.3 is 0 Å². The average Bonchev–Trinajstić information content (AvgIpc) is 2.29. The van der Waals surface area contributed by atoms with E-state index in [0.717, 1.165) is 39.1 Å². The van der Waals surface area contributed by atoms with Crippen molar-refractivity contribution in [2.75, 3.05) is 33.3 Å². The van der Waals surface area contributed by atoms with Crippen molar-refractivity contribution in [2.45, 2.75) is 32.8 Å². The van der Waals surface area contributed by atoms with Crippen LogP contribution in [0.25, 0.3) is 0 Å². The van der Waals surface area contributed by atoms with Crippen LogP contribution < -0.4 is 5.32 Å². The zero-order valence-corrected chi connectivity index (χ0v) is 10.7. The molecule has 0 spiro atoms. The summed E-state index contributed by atoms with van der Waals surface area (Å²) in [5.41, 5.74) is 0. The molecule has 1 amide bonds. The molecular weight excluding hydrogens is 204 g/mol. The van der Waals surface area contributed by atoms with E-state index in [0.29, 0.717) is 0 Å². The number of piperidine rings is 1. The van der Waals surface area contributed by atoms with Gasteiger partial charge in [0.1, 0.15) is 0 Å². The molecule has 0 aromatic heterocycles. The monoisotopic (exact) mass is 228 g/mol. The molecule has 94 valence electrons. The normalized spacial score (nSPS) is 23.2. The second-order valence-electron chi connectivity index (χ2n) is 4.46. The smallest absolute Gasteiger partial charge is 0.226 e. The maximum Gasteiger partial charge on any atom is 0.226 e. The first-order valence-corrected chi connectivity index (χ1v) is 6.24. The van der Waals surface area contributed by atoms with Crippen LogP contribution in [0, 0.1) is 5.92 Å². The van der Waals surface area contributed by atoms with E-state index in [-0.39, 0.29) is 17.9 Å². The molecule has 1 heterocycles. The van der Waals surface area contributed by atoms with Gasteiger partial charge in [-0.3, -0.25) is 4.79 Å². The van der Waals surface area contributed by atoms with Crippen LogP contribution in [0.1, 0.15) is 26.7 Å². The third kappa shape index (κ3) is 3.76. The number of nitrogens with zero attached hydrogens (tertiary/aromatic N) is 1. The Morgan fingerprint density at radius 3 is 3.00 bits per heavy atom. The Morgan fingerprint density at radius 2 is 2.38 bits per heavy atom. The molecule has 2 atom stereocenters. The van der Waals surface area contributed by atoms with Gasteiger partial charge in [-0.1, -0.05) is 6.92 Å². The van der Waals surface area contributed by atoms with Gasteiger partial charge in [0.15, 0.2) is 0 Å². The summed E-state index contributed by atoms with van der Waals surface area (Å²) < 4.78 is 5.59. The standard InChI is InChI=1S/C12H24N2O2/c1-4-16-11-6-5-7-14(9-11)12(15)10(2)8-13-3/h10-11,13H,4-9H2,1-3H3. The van der Waals surface area contributed by atoms with Gasteiger partial charge < -0.3 is 15.0 Å². The van der Waals surface area contributed by atoms with Gasteiger partial charge in [0.25, 0.3) is 0 Å². The quantitative estimate of drug-likeness (QED) is 0.759. The summed E-state index contributed by atoms with van der Waals surface area (Å²) in [5.74, 6) is 0.309. The number of amides is 1. The molecule has 16 heavy (non-hydrogen) atoms. The second-order valence-corrected chi connectivity index (χ2v) is 4.46. The second kappa shape index (κ2) is 6.86. The fourth-order valence-corrected chi connectivity index (χ4v) is 2.22. The predicted octanol–water partition coefficient (Wildman–Crippen LogP) is 0.869. The summed E-state index contributed by atoms with van der Waals surface area (Å²) >= 11 is 0. The number of carbonyl (C=O) groups is 1. The lowest BCUT2D eigenvalue weighted by Gasteiger charge is -2.34. The van der Waals surface area contributed by atoms with Crippen molar-refractivity contribution in [3.63, 3.8) is 0 Å². The van der Waals surface area contributed by atoms with Gasteiger partial charge in [0.2, 0.25) is 5.91 Å². The molecule has 4 heteroatoms. The van der Waals surface area contributed by atoms with Crippen molar-refractivity contribution in [3.05, 3.63) is 0 Å². The topological polar surface area (TPSA) is 41.6 Å². The average molecular weight is 228 g/mol. The molecule has 2 unspecified atom stereocenters. The molecule has 0 aliphatic carbocycles. The van der Waals surface area contributed by atoms with Crippen molar-refractivity contribution >= 4 is 5.91 Å². The lowest BCUT2D eigenvalue weighted by Crippen LogP contribution is -2.46. The van der Waals surface area contributed by atoms with E-state index >= 15 is 0 Å². The highest BCUT2D eigenvalue weighted by atomic mass is 16.5. The Kier molecular flexibility index (Phi) is 5.77. The summed E-state index contributed by atoms with van der Waals surface area (Å²) in [6.07, 6.45) is 2.38. The van der Waals surface area contributed by atoms with E-state index in [9.17, 15) is 4.79 Å². The Morgan fingerprint density at radius 1 is 1.62 bits per heavy atom. The lowest BCUT2D eigenvalue weighted by molar-refractivity contribution is -0.138. The molecule has 0 aromatic carbocycles. The molecular formula is C12H24N2O2. The van der Waals surface area contributed by atoms with Gasteiger partial charge in [-0.25, -0.2) is 0 Å². The van der Waals surface area contributed by atoms with Crippen molar-refractivity contribution in [1.82, 2.24) is 10.2 Å². The first kappa shape index (κ1) is 13.5. The Balaban J connectivity index is 2.43. The number of carbonyl (C=O) groups excluding carboxylic acids is 1. The Hall–Kier alpha value is -0.610. The summed E-state index contributed by atoms with van der Waals surface area (Å²) in [6.45, 7) is 7.11. The van der Waals surface area contributed by atoms with Gasteiger partial charge in [-0.2, -0.15) is 0 Å². The molecule has 0 bridgehead atoms. The van der Waals surface area contributed by atoms with E-state index in [1.54, 1.807) is 0 Å². The predicted molar refractivity (Wildman–Crippen MR) is 64.3 cm³/mol. The molecule has 1 aliphatic heterocycles. The van der Waals surface area contributed by atoms with Crippen molar-refractivity contribution in [2.24, 2.45) is 5.92 Å². The Bertz CT molecular complexity index is 219. The van der Waals surface area contributed by atoms with Gasteiger partial charge in [-0.05, 0) is 26.8 Å². The molecule has 0 aromatic rings. The number of rotatable bonds is 5. The van der Waals surface area contributed by atoms with Crippen LogP contribution in [-0.2, 0) is 9.53 Å². The highest BCUT2D eigenvalue weighted by Crippen LogP contribution is 2.15. The number of hydrogen-bond donors (Lipinski definition) is 1. The highest BCUT2D eigenvalue weighted by Gasteiger charge is 2.26. The largest absolute Gasteiger partial charge is 0.377 e. The van der Waals surface area contributed by atoms with Crippen LogP contribution in [0.5, 0.6) is 0 Å². The minimum atomic E-state index is 0.0605. The zero-order chi connectivity index (χ0) is 12.0. The lowest BCUT2D eigenvalue weighted by atomic mass is 10.0.